The molecule has 1 aliphatic rings. The van der Waals surface area contributed by atoms with Crippen molar-refractivity contribution in [3.05, 3.63) is 59.8 Å². The number of aromatic nitrogens is 1. The number of benzene rings is 2. The third-order valence-electron chi connectivity index (χ3n) is 6.01. The molecule has 0 atom stereocenters. The molecular formula is C25H29N3O4S. The maximum Gasteiger partial charge on any atom is 0.409 e. The topological polar surface area (TPSA) is 79.8 Å². The lowest BCUT2D eigenvalue weighted by atomic mass is 10.1. The minimum Gasteiger partial charge on any atom is -0.450 e. The number of nitrogens with zero attached hydrogens (tertiary/aromatic N) is 3. The summed E-state index contributed by atoms with van der Waals surface area (Å²) < 4.78 is 32.6. The second-order valence-corrected chi connectivity index (χ2v) is 10.1. The van der Waals surface area contributed by atoms with Gasteiger partial charge in [0.15, 0.2) is 0 Å². The molecule has 1 saturated heterocycles. The number of hydrogen-bond acceptors (Lipinski definition) is 6. The summed E-state index contributed by atoms with van der Waals surface area (Å²) in [5.74, 6) is 0. The van der Waals surface area contributed by atoms with Gasteiger partial charge in [0.05, 0.1) is 22.7 Å². The first-order valence-corrected chi connectivity index (χ1v) is 12.7. The van der Waals surface area contributed by atoms with Crippen LogP contribution >= 0.6 is 0 Å². The smallest absolute Gasteiger partial charge is 0.409 e. The van der Waals surface area contributed by atoms with Crippen molar-refractivity contribution >= 4 is 32.5 Å². The number of rotatable bonds is 5. The van der Waals surface area contributed by atoms with Crippen LogP contribution in [0.3, 0.4) is 0 Å². The van der Waals surface area contributed by atoms with E-state index in [0.717, 1.165) is 28.5 Å². The summed E-state index contributed by atoms with van der Waals surface area (Å²) >= 11 is 0. The van der Waals surface area contributed by atoms with Crippen LogP contribution in [-0.2, 0) is 21.0 Å². The quantitative estimate of drug-likeness (QED) is 0.559. The van der Waals surface area contributed by atoms with E-state index < -0.39 is 9.84 Å². The van der Waals surface area contributed by atoms with Crippen molar-refractivity contribution in [2.75, 3.05) is 37.7 Å². The van der Waals surface area contributed by atoms with Crippen molar-refractivity contribution < 1.29 is 17.9 Å². The van der Waals surface area contributed by atoms with Gasteiger partial charge in [-0.15, -0.1) is 0 Å². The molecule has 1 aromatic heterocycles. The molecule has 2 aromatic carbocycles. The number of fused-ring (bicyclic) bond motifs is 1. The van der Waals surface area contributed by atoms with Crippen LogP contribution in [0.2, 0.25) is 0 Å². The van der Waals surface area contributed by atoms with Gasteiger partial charge in [0.2, 0.25) is 9.84 Å². The van der Waals surface area contributed by atoms with Gasteiger partial charge in [0.1, 0.15) is 4.90 Å². The summed E-state index contributed by atoms with van der Waals surface area (Å²) in [4.78, 5) is 20.8. The molecule has 7 nitrogen and oxygen atoms in total. The fourth-order valence-corrected chi connectivity index (χ4v) is 5.59. The van der Waals surface area contributed by atoms with Crippen LogP contribution in [-0.4, -0.2) is 57.2 Å². The van der Waals surface area contributed by atoms with Crippen molar-refractivity contribution in [1.29, 1.82) is 0 Å². The third-order valence-corrected chi connectivity index (χ3v) is 7.79. The number of ether oxygens (including phenoxy) is 1. The van der Waals surface area contributed by atoms with Gasteiger partial charge < -0.3 is 14.5 Å². The van der Waals surface area contributed by atoms with E-state index in [-0.39, 0.29) is 15.9 Å². The summed E-state index contributed by atoms with van der Waals surface area (Å²) in [6, 6.07) is 12.9. The molecule has 1 fully saturated rings. The average Bonchev–Trinajstić information content (AvgIpc) is 2.83. The Balaban J connectivity index is 1.79. The van der Waals surface area contributed by atoms with Crippen LogP contribution in [0.15, 0.2) is 58.5 Å². The number of aryl methyl sites for hydroxylation is 2. The molecule has 0 saturated carbocycles. The van der Waals surface area contributed by atoms with Gasteiger partial charge in [-0.25, -0.2) is 13.2 Å². The average molecular weight is 468 g/mol. The number of amides is 1. The standard InChI is InChI=1S/C25H29N3O4S/c1-4-19-7-9-20(10-8-19)33(30,31)23-17-26-22-11-6-18(3)16-21(22)24(23)27-12-14-28(15-13-27)25(29)32-5-2/h6-11,16-17H,4-5,12-15H2,1-3H3. The Labute approximate surface area is 194 Å². The van der Waals surface area contributed by atoms with E-state index in [1.54, 1.807) is 24.0 Å². The molecule has 3 aromatic rings. The Kier molecular flexibility index (Phi) is 6.56. The van der Waals surface area contributed by atoms with Gasteiger partial charge in [0.25, 0.3) is 0 Å². The van der Waals surface area contributed by atoms with Gasteiger partial charge in [-0.05, 0) is 50.1 Å². The first-order chi connectivity index (χ1) is 15.8. The van der Waals surface area contributed by atoms with Crippen LogP contribution in [0.25, 0.3) is 10.9 Å². The first-order valence-electron chi connectivity index (χ1n) is 11.2. The van der Waals surface area contributed by atoms with Gasteiger partial charge in [-0.3, -0.25) is 4.98 Å². The van der Waals surface area contributed by atoms with Crippen molar-refractivity contribution in [2.24, 2.45) is 0 Å². The SMILES string of the molecule is CCOC(=O)N1CCN(c2c(S(=O)(=O)c3ccc(CC)cc3)cnc3ccc(C)cc23)CC1. The second-order valence-electron chi connectivity index (χ2n) is 8.17. The van der Waals surface area contributed by atoms with E-state index in [1.807, 2.05) is 49.1 Å². The van der Waals surface area contributed by atoms with Crippen LogP contribution in [0.5, 0.6) is 0 Å². The lowest BCUT2D eigenvalue weighted by Crippen LogP contribution is -2.49. The number of anilines is 1. The fraction of sp³-hybridized carbons (Fsp3) is 0.360. The number of piperazine rings is 1. The number of carbonyl (C=O) groups excluding carboxylic acids is 1. The van der Waals surface area contributed by atoms with E-state index in [4.69, 9.17) is 4.74 Å². The molecule has 33 heavy (non-hydrogen) atoms. The maximum absolute atomic E-state index is 13.7. The highest BCUT2D eigenvalue weighted by atomic mass is 32.2. The van der Waals surface area contributed by atoms with Crippen LogP contribution in [0.1, 0.15) is 25.0 Å². The molecule has 0 radical (unpaired) electrons. The van der Waals surface area contributed by atoms with Crippen molar-refractivity contribution in [2.45, 2.75) is 37.0 Å². The van der Waals surface area contributed by atoms with E-state index in [1.165, 1.54) is 6.20 Å². The number of sulfone groups is 1. The lowest BCUT2D eigenvalue weighted by molar-refractivity contribution is 0.105. The molecule has 0 bridgehead atoms. The molecule has 0 aliphatic carbocycles. The number of carbonyl (C=O) groups is 1. The monoisotopic (exact) mass is 467 g/mol. The molecule has 0 unspecified atom stereocenters. The summed E-state index contributed by atoms with van der Waals surface area (Å²) in [6.07, 6.45) is 1.97. The van der Waals surface area contributed by atoms with Gasteiger partial charge >= 0.3 is 6.09 Å². The zero-order valence-electron chi connectivity index (χ0n) is 19.2. The van der Waals surface area contributed by atoms with Gasteiger partial charge in [-0.2, -0.15) is 0 Å². The Bertz CT molecular complexity index is 1260. The fourth-order valence-electron chi connectivity index (χ4n) is 4.16. The largest absolute Gasteiger partial charge is 0.450 e. The van der Waals surface area contributed by atoms with Crippen LogP contribution < -0.4 is 4.90 Å². The highest BCUT2D eigenvalue weighted by molar-refractivity contribution is 7.91. The van der Waals surface area contributed by atoms with E-state index in [9.17, 15) is 13.2 Å². The Morgan fingerprint density at radius 1 is 1.03 bits per heavy atom. The van der Waals surface area contributed by atoms with E-state index >= 15 is 0 Å². The Morgan fingerprint density at radius 3 is 2.36 bits per heavy atom. The third kappa shape index (κ3) is 4.53. The molecule has 174 valence electrons. The summed E-state index contributed by atoms with van der Waals surface area (Å²) in [5.41, 5.74) is 3.49. The maximum atomic E-state index is 13.7. The number of pyridine rings is 1. The van der Waals surface area contributed by atoms with Crippen molar-refractivity contribution in [3.63, 3.8) is 0 Å². The molecule has 8 heteroatoms. The Morgan fingerprint density at radius 2 is 1.73 bits per heavy atom. The number of hydrogen-bond donors (Lipinski definition) is 0. The summed E-state index contributed by atoms with van der Waals surface area (Å²) in [5, 5.41) is 0.797. The predicted molar refractivity (Wildman–Crippen MR) is 129 cm³/mol. The second kappa shape index (κ2) is 9.39. The summed E-state index contributed by atoms with van der Waals surface area (Å²) in [6.45, 7) is 8.04. The molecule has 4 rings (SSSR count). The minimum atomic E-state index is -3.80. The molecule has 2 heterocycles. The van der Waals surface area contributed by atoms with Gasteiger partial charge in [0, 0.05) is 37.8 Å². The normalized spacial score (nSPS) is 14.5. The molecular weight excluding hydrogens is 438 g/mol. The summed E-state index contributed by atoms with van der Waals surface area (Å²) in [7, 11) is -3.80. The molecule has 1 aliphatic heterocycles. The molecule has 0 spiro atoms. The molecule has 0 N–H and O–H groups in total. The van der Waals surface area contributed by atoms with Crippen LogP contribution in [0.4, 0.5) is 10.5 Å². The van der Waals surface area contributed by atoms with Crippen molar-refractivity contribution in [3.8, 4) is 0 Å². The van der Waals surface area contributed by atoms with Crippen molar-refractivity contribution in [1.82, 2.24) is 9.88 Å². The van der Waals surface area contributed by atoms with E-state index in [0.29, 0.717) is 38.5 Å². The predicted octanol–water partition coefficient (Wildman–Crippen LogP) is 4.22. The minimum absolute atomic E-state index is 0.189. The highest BCUT2D eigenvalue weighted by Gasteiger charge is 2.30. The van der Waals surface area contributed by atoms with Gasteiger partial charge in [-0.1, -0.05) is 30.7 Å². The Hall–Kier alpha value is -3.13. The lowest BCUT2D eigenvalue weighted by Gasteiger charge is -2.36. The zero-order chi connectivity index (χ0) is 23.6. The van der Waals surface area contributed by atoms with E-state index in [2.05, 4.69) is 4.98 Å². The zero-order valence-corrected chi connectivity index (χ0v) is 20.1. The van der Waals surface area contributed by atoms with Crippen LogP contribution in [0, 0.1) is 6.92 Å². The highest BCUT2D eigenvalue weighted by Crippen LogP contribution is 2.36. The first kappa shape index (κ1) is 23.0. The molecule has 1 amide bonds.